The Hall–Kier alpha value is -3.59. The van der Waals surface area contributed by atoms with Crippen LogP contribution in [0.3, 0.4) is 0 Å². The molecule has 0 bridgehead atoms. The first kappa shape index (κ1) is 23.6. The molecule has 1 aliphatic rings. The van der Waals surface area contributed by atoms with Gasteiger partial charge in [0, 0.05) is 43.5 Å². The second-order valence-corrected chi connectivity index (χ2v) is 8.26. The van der Waals surface area contributed by atoms with Crippen molar-refractivity contribution in [2.45, 2.75) is 19.9 Å². The summed E-state index contributed by atoms with van der Waals surface area (Å²) in [7, 11) is 0. The SMILES string of the molecule is CCN1CCN(c2ccc(F)cc2C(C)NC(=O)c2ccc(=O)n(-c3ccc(F)cc3)n2)CC1. The van der Waals surface area contributed by atoms with Gasteiger partial charge in [0.2, 0.25) is 0 Å². The lowest BCUT2D eigenvalue weighted by Gasteiger charge is -2.37. The van der Waals surface area contributed by atoms with Crippen LogP contribution in [0.1, 0.15) is 35.9 Å². The van der Waals surface area contributed by atoms with Crippen molar-refractivity contribution >= 4 is 11.6 Å². The van der Waals surface area contributed by atoms with Gasteiger partial charge in [-0.05, 0) is 62.0 Å². The van der Waals surface area contributed by atoms with Crippen LogP contribution >= 0.6 is 0 Å². The van der Waals surface area contributed by atoms with Crippen molar-refractivity contribution in [3.8, 4) is 5.69 Å². The molecule has 7 nitrogen and oxygen atoms in total. The summed E-state index contributed by atoms with van der Waals surface area (Å²) in [5.74, 6) is -1.33. The van der Waals surface area contributed by atoms with Crippen LogP contribution in [0.15, 0.2) is 59.4 Å². The zero-order valence-electron chi connectivity index (χ0n) is 19.2. The quantitative estimate of drug-likeness (QED) is 0.603. The summed E-state index contributed by atoms with van der Waals surface area (Å²) >= 11 is 0. The van der Waals surface area contributed by atoms with Crippen molar-refractivity contribution in [3.05, 3.63) is 87.8 Å². The van der Waals surface area contributed by atoms with Crippen LogP contribution in [-0.2, 0) is 0 Å². The number of hydrogen-bond acceptors (Lipinski definition) is 5. The van der Waals surface area contributed by atoms with Crippen LogP contribution in [0.25, 0.3) is 5.69 Å². The maximum Gasteiger partial charge on any atom is 0.272 e. The highest BCUT2D eigenvalue weighted by Crippen LogP contribution is 2.28. The zero-order valence-corrected chi connectivity index (χ0v) is 19.2. The molecule has 0 saturated carbocycles. The lowest BCUT2D eigenvalue weighted by Crippen LogP contribution is -2.46. The molecule has 34 heavy (non-hydrogen) atoms. The fraction of sp³-hybridized carbons (Fsp3) is 0.320. The molecule has 1 saturated heterocycles. The molecule has 1 aromatic heterocycles. The minimum absolute atomic E-state index is 0.0188. The Labute approximate surface area is 196 Å². The minimum atomic E-state index is -0.505. The Kier molecular flexibility index (Phi) is 7.02. The average Bonchev–Trinajstić information content (AvgIpc) is 2.85. The van der Waals surface area contributed by atoms with E-state index < -0.39 is 23.3 Å². The largest absolute Gasteiger partial charge is 0.369 e. The maximum absolute atomic E-state index is 14.1. The standard InChI is InChI=1S/C25H27F2N5O2/c1-3-30-12-14-31(15-13-30)23-10-6-19(27)16-21(23)17(2)28-25(34)22-9-11-24(33)32(29-22)20-7-4-18(26)5-8-20/h4-11,16-17H,3,12-15H2,1-2H3,(H,28,34). The smallest absolute Gasteiger partial charge is 0.272 e. The van der Waals surface area contributed by atoms with Crippen molar-refractivity contribution in [1.29, 1.82) is 0 Å². The van der Waals surface area contributed by atoms with Crippen molar-refractivity contribution < 1.29 is 13.6 Å². The van der Waals surface area contributed by atoms with Crippen LogP contribution in [-0.4, -0.2) is 53.3 Å². The molecule has 0 radical (unpaired) electrons. The molecule has 4 rings (SSSR count). The molecule has 1 unspecified atom stereocenters. The number of anilines is 1. The van der Waals surface area contributed by atoms with E-state index in [-0.39, 0.29) is 11.5 Å². The number of likely N-dealkylation sites (N-methyl/N-ethyl adjacent to an activating group) is 1. The predicted molar refractivity (Wildman–Crippen MR) is 126 cm³/mol. The number of halogens is 2. The average molecular weight is 468 g/mol. The Morgan fingerprint density at radius 2 is 1.68 bits per heavy atom. The number of aromatic nitrogens is 2. The van der Waals surface area contributed by atoms with Gasteiger partial charge in [-0.2, -0.15) is 9.78 Å². The van der Waals surface area contributed by atoms with Crippen LogP contribution in [0.5, 0.6) is 0 Å². The molecule has 2 aromatic carbocycles. The first-order valence-electron chi connectivity index (χ1n) is 11.3. The molecule has 0 spiro atoms. The fourth-order valence-electron chi connectivity index (χ4n) is 4.11. The van der Waals surface area contributed by atoms with Crippen molar-refractivity contribution in [2.24, 2.45) is 0 Å². The van der Waals surface area contributed by atoms with Crippen LogP contribution < -0.4 is 15.8 Å². The van der Waals surface area contributed by atoms with Gasteiger partial charge in [-0.3, -0.25) is 9.59 Å². The number of amides is 1. The monoisotopic (exact) mass is 467 g/mol. The molecule has 3 aromatic rings. The number of benzene rings is 2. The first-order valence-corrected chi connectivity index (χ1v) is 11.3. The van der Waals surface area contributed by atoms with E-state index in [0.717, 1.165) is 43.1 Å². The highest BCUT2D eigenvalue weighted by molar-refractivity contribution is 5.92. The van der Waals surface area contributed by atoms with Gasteiger partial charge in [-0.1, -0.05) is 6.92 Å². The molecule has 0 aliphatic carbocycles. The van der Waals surface area contributed by atoms with E-state index >= 15 is 0 Å². The van der Waals surface area contributed by atoms with Gasteiger partial charge in [-0.15, -0.1) is 0 Å². The second kappa shape index (κ2) is 10.1. The number of piperazine rings is 1. The van der Waals surface area contributed by atoms with Gasteiger partial charge in [0.1, 0.15) is 17.3 Å². The number of hydrogen-bond donors (Lipinski definition) is 1. The fourth-order valence-corrected chi connectivity index (χ4v) is 4.11. The first-order chi connectivity index (χ1) is 16.4. The topological polar surface area (TPSA) is 70.5 Å². The van der Waals surface area contributed by atoms with E-state index in [9.17, 15) is 18.4 Å². The third kappa shape index (κ3) is 5.14. The molecule has 1 aliphatic heterocycles. The van der Waals surface area contributed by atoms with Crippen LogP contribution in [0.4, 0.5) is 14.5 Å². The molecule has 9 heteroatoms. The Balaban J connectivity index is 1.55. The van der Waals surface area contributed by atoms with Gasteiger partial charge in [0.05, 0.1) is 11.7 Å². The summed E-state index contributed by atoms with van der Waals surface area (Å²) < 4.78 is 28.4. The van der Waals surface area contributed by atoms with E-state index in [0.29, 0.717) is 11.3 Å². The van der Waals surface area contributed by atoms with Crippen LogP contribution in [0, 0.1) is 11.6 Å². The van der Waals surface area contributed by atoms with E-state index in [2.05, 4.69) is 27.1 Å². The summed E-state index contributed by atoms with van der Waals surface area (Å²) in [5, 5.41) is 7.01. The summed E-state index contributed by atoms with van der Waals surface area (Å²) in [5.41, 5.74) is 1.47. The molecule has 1 amide bonds. The van der Waals surface area contributed by atoms with E-state index in [1.165, 1.54) is 48.5 Å². The number of nitrogens with zero attached hydrogens (tertiary/aromatic N) is 4. The maximum atomic E-state index is 14.1. The summed E-state index contributed by atoms with van der Waals surface area (Å²) in [4.78, 5) is 29.8. The molecular weight excluding hydrogens is 440 g/mol. The van der Waals surface area contributed by atoms with Crippen molar-refractivity contribution in [1.82, 2.24) is 20.0 Å². The number of carbonyl (C=O) groups excluding carboxylic acids is 1. The highest BCUT2D eigenvalue weighted by Gasteiger charge is 2.22. The van der Waals surface area contributed by atoms with Gasteiger partial charge in [0.15, 0.2) is 0 Å². The third-order valence-corrected chi connectivity index (χ3v) is 6.07. The van der Waals surface area contributed by atoms with Crippen molar-refractivity contribution in [2.75, 3.05) is 37.6 Å². The summed E-state index contributed by atoms with van der Waals surface area (Å²) in [6.07, 6.45) is 0. The van der Waals surface area contributed by atoms with Gasteiger partial charge >= 0.3 is 0 Å². The Bertz CT molecular complexity index is 1220. The molecule has 1 atom stereocenters. The molecular formula is C25H27F2N5O2. The molecule has 1 fully saturated rings. The van der Waals surface area contributed by atoms with Gasteiger partial charge < -0.3 is 15.1 Å². The number of rotatable bonds is 6. The summed E-state index contributed by atoms with van der Waals surface area (Å²) in [6.45, 7) is 8.38. The molecule has 178 valence electrons. The van der Waals surface area contributed by atoms with Crippen LogP contribution in [0.2, 0.25) is 0 Å². The lowest BCUT2D eigenvalue weighted by molar-refractivity contribution is 0.0933. The number of nitrogens with one attached hydrogen (secondary N) is 1. The Morgan fingerprint density at radius 3 is 2.35 bits per heavy atom. The zero-order chi connectivity index (χ0) is 24.2. The molecule has 2 heterocycles. The Morgan fingerprint density at radius 1 is 1.00 bits per heavy atom. The van der Waals surface area contributed by atoms with E-state index in [4.69, 9.17) is 0 Å². The minimum Gasteiger partial charge on any atom is -0.369 e. The van der Waals surface area contributed by atoms with E-state index in [1.54, 1.807) is 13.0 Å². The highest BCUT2D eigenvalue weighted by atomic mass is 19.1. The predicted octanol–water partition coefficient (Wildman–Crippen LogP) is 3.14. The van der Waals surface area contributed by atoms with Gasteiger partial charge in [0.25, 0.3) is 11.5 Å². The second-order valence-electron chi connectivity index (χ2n) is 8.26. The molecule has 1 N–H and O–H groups in total. The van der Waals surface area contributed by atoms with E-state index in [1.807, 2.05) is 0 Å². The normalized spacial score (nSPS) is 15.2. The number of carbonyl (C=O) groups is 1. The summed E-state index contributed by atoms with van der Waals surface area (Å²) in [6, 6.07) is 11.9. The lowest BCUT2D eigenvalue weighted by atomic mass is 10.0. The van der Waals surface area contributed by atoms with Crippen molar-refractivity contribution in [3.63, 3.8) is 0 Å². The van der Waals surface area contributed by atoms with Gasteiger partial charge in [-0.25, -0.2) is 8.78 Å². The third-order valence-electron chi connectivity index (χ3n) is 6.07.